The van der Waals surface area contributed by atoms with Gasteiger partial charge in [-0.3, -0.25) is 4.79 Å². The summed E-state index contributed by atoms with van der Waals surface area (Å²) < 4.78 is 5.62. The van der Waals surface area contributed by atoms with Crippen LogP contribution in [0.4, 0.5) is 0 Å². The average Bonchev–Trinajstić information content (AvgIpc) is 2.38. The van der Waals surface area contributed by atoms with Gasteiger partial charge in [0, 0.05) is 12.3 Å². The van der Waals surface area contributed by atoms with Crippen molar-refractivity contribution >= 4 is 5.78 Å². The summed E-state index contributed by atoms with van der Waals surface area (Å²) in [7, 11) is 0. The molecule has 2 rings (SSSR count). The molecular formula is C15H20O2. The third kappa shape index (κ3) is 3.88. The van der Waals surface area contributed by atoms with Gasteiger partial charge in [0.15, 0.2) is 0 Å². The largest absolute Gasteiger partial charge is 0.494 e. The fourth-order valence-corrected chi connectivity index (χ4v) is 2.40. The monoisotopic (exact) mass is 232 g/mol. The van der Waals surface area contributed by atoms with E-state index in [4.69, 9.17) is 4.74 Å². The fraction of sp³-hybridized carbons (Fsp3) is 0.533. The number of benzene rings is 1. The maximum Gasteiger partial charge on any atom is 0.135 e. The Morgan fingerprint density at radius 1 is 1.18 bits per heavy atom. The molecule has 0 bridgehead atoms. The van der Waals surface area contributed by atoms with Crippen molar-refractivity contribution < 1.29 is 9.53 Å². The molecule has 0 aliphatic heterocycles. The number of Topliss-reactive ketones (excluding diaryl/α,β-unsaturated/α-hetero) is 1. The summed E-state index contributed by atoms with van der Waals surface area (Å²) >= 11 is 0. The van der Waals surface area contributed by atoms with Crippen LogP contribution in [0.25, 0.3) is 0 Å². The highest BCUT2D eigenvalue weighted by Crippen LogP contribution is 2.24. The van der Waals surface area contributed by atoms with Gasteiger partial charge in [-0.1, -0.05) is 24.6 Å². The molecule has 2 heteroatoms. The zero-order chi connectivity index (χ0) is 11.9. The fourth-order valence-electron chi connectivity index (χ4n) is 2.40. The summed E-state index contributed by atoms with van der Waals surface area (Å²) in [4.78, 5) is 11.6. The van der Waals surface area contributed by atoms with E-state index in [2.05, 4.69) is 0 Å². The van der Waals surface area contributed by atoms with Crippen LogP contribution in [0.2, 0.25) is 0 Å². The first-order chi connectivity index (χ1) is 8.36. The molecular weight excluding hydrogens is 212 g/mol. The van der Waals surface area contributed by atoms with Crippen LogP contribution in [-0.2, 0) is 4.79 Å². The molecule has 1 aromatic rings. The van der Waals surface area contributed by atoms with E-state index < -0.39 is 0 Å². The molecule has 1 saturated carbocycles. The van der Waals surface area contributed by atoms with Gasteiger partial charge in [0.2, 0.25) is 0 Å². The lowest BCUT2D eigenvalue weighted by atomic mass is 9.85. The molecule has 1 aliphatic carbocycles. The van der Waals surface area contributed by atoms with E-state index in [1.165, 1.54) is 6.42 Å². The smallest absolute Gasteiger partial charge is 0.135 e. The van der Waals surface area contributed by atoms with E-state index in [1.54, 1.807) is 0 Å². The summed E-state index contributed by atoms with van der Waals surface area (Å²) in [6.07, 6.45) is 6.16. The van der Waals surface area contributed by atoms with Crippen molar-refractivity contribution in [3.63, 3.8) is 0 Å². The van der Waals surface area contributed by atoms with Gasteiger partial charge >= 0.3 is 0 Å². The molecule has 0 aromatic heterocycles. The van der Waals surface area contributed by atoms with Crippen molar-refractivity contribution in [1.29, 1.82) is 0 Å². The van der Waals surface area contributed by atoms with Crippen LogP contribution in [0.5, 0.6) is 5.75 Å². The van der Waals surface area contributed by atoms with Gasteiger partial charge in [-0.25, -0.2) is 0 Å². The van der Waals surface area contributed by atoms with E-state index in [0.717, 1.165) is 37.9 Å². The summed E-state index contributed by atoms with van der Waals surface area (Å²) in [5.41, 5.74) is 0. The van der Waals surface area contributed by atoms with Crippen LogP contribution in [0.3, 0.4) is 0 Å². The van der Waals surface area contributed by atoms with Crippen LogP contribution in [0, 0.1) is 5.92 Å². The Bertz CT molecular complexity index is 345. The second-order valence-electron chi connectivity index (χ2n) is 4.71. The van der Waals surface area contributed by atoms with Gasteiger partial charge < -0.3 is 4.74 Å². The molecule has 1 aliphatic rings. The summed E-state index contributed by atoms with van der Waals surface area (Å²) in [6, 6.07) is 9.85. The minimum absolute atomic E-state index is 0.308. The molecule has 2 nitrogen and oxygen atoms in total. The zero-order valence-electron chi connectivity index (χ0n) is 10.2. The Labute approximate surface area is 103 Å². The Morgan fingerprint density at radius 2 is 2.00 bits per heavy atom. The molecule has 0 amide bonds. The van der Waals surface area contributed by atoms with Crippen molar-refractivity contribution in [3.8, 4) is 5.75 Å². The number of hydrogen-bond acceptors (Lipinski definition) is 2. The van der Waals surface area contributed by atoms with Gasteiger partial charge in [-0.2, -0.15) is 0 Å². The summed E-state index contributed by atoms with van der Waals surface area (Å²) in [5, 5.41) is 0. The van der Waals surface area contributed by atoms with Gasteiger partial charge in [0.1, 0.15) is 11.5 Å². The van der Waals surface area contributed by atoms with E-state index >= 15 is 0 Å². The van der Waals surface area contributed by atoms with Crippen LogP contribution in [-0.4, -0.2) is 12.4 Å². The SMILES string of the molecule is O=C1CCCCC1CCCOc1ccccc1. The Kier molecular flexibility index (Phi) is 4.60. The van der Waals surface area contributed by atoms with Crippen molar-refractivity contribution in [2.45, 2.75) is 38.5 Å². The predicted octanol–water partition coefficient (Wildman–Crippen LogP) is 3.60. The van der Waals surface area contributed by atoms with Crippen LogP contribution in [0.1, 0.15) is 38.5 Å². The van der Waals surface area contributed by atoms with E-state index in [0.29, 0.717) is 18.3 Å². The van der Waals surface area contributed by atoms with Crippen LogP contribution < -0.4 is 4.74 Å². The van der Waals surface area contributed by atoms with Crippen LogP contribution >= 0.6 is 0 Å². The first-order valence-corrected chi connectivity index (χ1v) is 6.57. The summed E-state index contributed by atoms with van der Waals surface area (Å²) in [5.74, 6) is 1.70. The standard InChI is InChI=1S/C15H20O2/c16-15-11-5-4-7-13(15)8-6-12-17-14-9-2-1-3-10-14/h1-3,9-10,13H,4-8,11-12H2. The van der Waals surface area contributed by atoms with Crippen molar-refractivity contribution in [1.82, 2.24) is 0 Å². The molecule has 1 atom stereocenters. The maximum atomic E-state index is 11.6. The molecule has 0 N–H and O–H groups in total. The number of hydrogen-bond donors (Lipinski definition) is 0. The van der Waals surface area contributed by atoms with Gasteiger partial charge in [-0.15, -0.1) is 0 Å². The quantitative estimate of drug-likeness (QED) is 0.725. The highest BCUT2D eigenvalue weighted by molar-refractivity contribution is 5.81. The molecule has 0 heterocycles. The number of carbonyl (C=O) groups excluding carboxylic acids is 1. The zero-order valence-corrected chi connectivity index (χ0v) is 10.2. The summed E-state index contributed by atoms with van der Waals surface area (Å²) in [6.45, 7) is 0.716. The predicted molar refractivity (Wildman–Crippen MR) is 68.1 cm³/mol. The van der Waals surface area contributed by atoms with Crippen molar-refractivity contribution in [2.24, 2.45) is 5.92 Å². The average molecular weight is 232 g/mol. The molecule has 0 spiro atoms. The normalized spacial score (nSPS) is 20.2. The molecule has 1 fully saturated rings. The minimum atomic E-state index is 0.308. The highest BCUT2D eigenvalue weighted by Gasteiger charge is 2.21. The lowest BCUT2D eigenvalue weighted by Gasteiger charge is -2.20. The molecule has 1 aromatic carbocycles. The second kappa shape index (κ2) is 6.43. The Hall–Kier alpha value is -1.31. The number of ether oxygens (including phenoxy) is 1. The first-order valence-electron chi connectivity index (χ1n) is 6.57. The lowest BCUT2D eigenvalue weighted by molar-refractivity contribution is -0.124. The number of para-hydroxylation sites is 1. The van der Waals surface area contributed by atoms with Crippen LogP contribution in [0.15, 0.2) is 30.3 Å². The first kappa shape index (κ1) is 12.2. The molecule has 17 heavy (non-hydrogen) atoms. The second-order valence-corrected chi connectivity index (χ2v) is 4.71. The Balaban J connectivity index is 1.64. The third-order valence-corrected chi connectivity index (χ3v) is 3.39. The number of ketones is 1. The molecule has 0 saturated heterocycles. The van der Waals surface area contributed by atoms with Crippen molar-refractivity contribution in [3.05, 3.63) is 30.3 Å². The van der Waals surface area contributed by atoms with Gasteiger partial charge in [-0.05, 0) is 37.8 Å². The Morgan fingerprint density at radius 3 is 2.76 bits per heavy atom. The highest BCUT2D eigenvalue weighted by atomic mass is 16.5. The molecule has 1 unspecified atom stereocenters. The number of carbonyl (C=O) groups is 1. The van der Waals surface area contributed by atoms with Gasteiger partial charge in [0.25, 0.3) is 0 Å². The third-order valence-electron chi connectivity index (χ3n) is 3.39. The van der Waals surface area contributed by atoms with E-state index in [1.807, 2.05) is 30.3 Å². The number of rotatable bonds is 5. The topological polar surface area (TPSA) is 26.3 Å². The lowest BCUT2D eigenvalue weighted by Crippen LogP contribution is -2.19. The maximum absolute atomic E-state index is 11.6. The molecule has 92 valence electrons. The van der Waals surface area contributed by atoms with Gasteiger partial charge in [0.05, 0.1) is 6.61 Å². The van der Waals surface area contributed by atoms with E-state index in [9.17, 15) is 4.79 Å². The van der Waals surface area contributed by atoms with E-state index in [-0.39, 0.29) is 0 Å². The molecule has 0 radical (unpaired) electrons. The van der Waals surface area contributed by atoms with Crippen molar-refractivity contribution in [2.75, 3.05) is 6.61 Å². The minimum Gasteiger partial charge on any atom is -0.494 e.